The van der Waals surface area contributed by atoms with Gasteiger partial charge in [0, 0.05) is 12.1 Å². The molecule has 0 spiro atoms. The van der Waals surface area contributed by atoms with E-state index in [2.05, 4.69) is 16.0 Å². The van der Waals surface area contributed by atoms with Crippen LogP contribution in [0, 0.1) is 29.1 Å². The Morgan fingerprint density at radius 1 is 0.915 bits per heavy atom. The number of methoxy groups -OCH3 is 1. The van der Waals surface area contributed by atoms with E-state index in [1.54, 1.807) is 24.3 Å². The number of hydrogen-bond donors (Lipinski definition) is 4. The highest BCUT2D eigenvalue weighted by Crippen LogP contribution is 2.35. The van der Waals surface area contributed by atoms with Crippen molar-refractivity contribution in [3.8, 4) is 5.75 Å². The molecule has 1 heterocycles. The number of primary amides is 1. The number of urea groups is 1. The average molecular weight is 656 g/mol. The van der Waals surface area contributed by atoms with Crippen LogP contribution in [0.2, 0.25) is 0 Å². The van der Waals surface area contributed by atoms with E-state index in [-0.39, 0.29) is 36.0 Å². The summed E-state index contributed by atoms with van der Waals surface area (Å²) in [5.41, 5.74) is 4.94. The lowest BCUT2D eigenvalue weighted by Gasteiger charge is -2.37. The number of likely N-dealkylation sites (tertiary alicyclic amines) is 1. The van der Waals surface area contributed by atoms with Crippen LogP contribution in [0.25, 0.3) is 0 Å². The molecule has 0 radical (unpaired) electrons. The van der Waals surface area contributed by atoms with Crippen molar-refractivity contribution in [2.75, 3.05) is 13.7 Å². The highest BCUT2D eigenvalue weighted by atomic mass is 16.5. The molecule has 1 aromatic carbocycles. The molecule has 47 heavy (non-hydrogen) atoms. The molecule has 3 rings (SSSR count). The Kier molecular flexibility index (Phi) is 12.6. The number of hydrogen-bond acceptors (Lipinski definition) is 7. The summed E-state index contributed by atoms with van der Waals surface area (Å²) in [5, 5.41) is 8.34. The Hall–Kier alpha value is -3.96. The molecule has 5 N–H and O–H groups in total. The van der Waals surface area contributed by atoms with Crippen molar-refractivity contribution in [3.63, 3.8) is 0 Å². The molecule has 2 aliphatic rings. The number of nitrogens with two attached hydrogens (primary N) is 1. The number of rotatable bonds is 15. The number of nitrogens with zero attached hydrogens (tertiary/aromatic N) is 1. The molecule has 260 valence electrons. The minimum absolute atomic E-state index is 0.189. The first-order valence-corrected chi connectivity index (χ1v) is 16.6. The van der Waals surface area contributed by atoms with Gasteiger partial charge in [0.1, 0.15) is 17.8 Å². The lowest BCUT2D eigenvalue weighted by Crippen LogP contribution is -2.61. The van der Waals surface area contributed by atoms with E-state index in [9.17, 15) is 28.8 Å². The normalized spacial score (nSPS) is 19.9. The maximum Gasteiger partial charge on any atom is 0.316 e. The summed E-state index contributed by atoms with van der Waals surface area (Å²) >= 11 is 0. The quantitative estimate of drug-likeness (QED) is 0.166. The molecule has 1 aliphatic heterocycles. The fourth-order valence-electron chi connectivity index (χ4n) is 6.26. The van der Waals surface area contributed by atoms with Gasteiger partial charge in [-0.05, 0) is 72.6 Å². The zero-order chi connectivity index (χ0) is 35.2. The number of carbonyl (C=O) groups is 6. The molecular formula is C35H53N5O7. The van der Waals surface area contributed by atoms with Crippen LogP contribution in [0.4, 0.5) is 4.79 Å². The Labute approximate surface area is 278 Å². The lowest BCUT2D eigenvalue weighted by molar-refractivity contribution is -0.144. The minimum atomic E-state index is -1.11. The first kappa shape index (κ1) is 37.5. The average Bonchev–Trinajstić information content (AvgIpc) is 3.72. The number of ether oxygens (including phenoxy) is 1. The summed E-state index contributed by atoms with van der Waals surface area (Å²) in [5.74, 6) is -2.57. The zero-order valence-corrected chi connectivity index (χ0v) is 29.1. The number of amides is 5. The van der Waals surface area contributed by atoms with Gasteiger partial charge < -0.3 is 31.3 Å². The van der Waals surface area contributed by atoms with Gasteiger partial charge in [-0.15, -0.1) is 0 Å². The summed E-state index contributed by atoms with van der Waals surface area (Å²) in [6.07, 6.45) is 3.37. The molecule has 5 amide bonds. The van der Waals surface area contributed by atoms with Gasteiger partial charge in [-0.2, -0.15) is 0 Å². The summed E-state index contributed by atoms with van der Waals surface area (Å²) in [4.78, 5) is 81.0. The summed E-state index contributed by atoms with van der Waals surface area (Å²) < 4.78 is 5.18. The standard InChI is InChI=1S/C35H53N5O7/c1-19(2)17-23-15-16-40(27(23)32(44)37-25(18-21-9-10-21)29(42)31(36)43)33(45)30(35(5,6)7)39-34(46)38-26(20(3)4)28(41)22-11-13-24(47-8)14-12-22/h11-14,19-21,23,25-27,30H,9-10,15-18H2,1-8H3,(H2,36,43)(H,37,44)(H2,38,39,46)/t23-,25?,26+,27+,30-/m1/s1. The molecule has 12 heteroatoms. The molecule has 1 saturated carbocycles. The van der Waals surface area contributed by atoms with Crippen LogP contribution >= 0.6 is 0 Å². The Balaban J connectivity index is 1.83. The van der Waals surface area contributed by atoms with Gasteiger partial charge in [-0.25, -0.2) is 4.79 Å². The maximum absolute atomic E-state index is 14.3. The minimum Gasteiger partial charge on any atom is -0.497 e. The molecule has 0 bridgehead atoms. The van der Waals surface area contributed by atoms with E-state index in [1.807, 2.05) is 48.5 Å². The molecule has 1 unspecified atom stereocenters. The van der Waals surface area contributed by atoms with Crippen LogP contribution in [0.3, 0.4) is 0 Å². The van der Waals surface area contributed by atoms with Gasteiger partial charge in [0.25, 0.3) is 5.91 Å². The van der Waals surface area contributed by atoms with E-state index < -0.39 is 59.1 Å². The fourth-order valence-corrected chi connectivity index (χ4v) is 6.26. The number of nitrogens with one attached hydrogen (secondary N) is 3. The predicted octanol–water partition coefficient (Wildman–Crippen LogP) is 3.22. The van der Waals surface area contributed by atoms with Crippen molar-refractivity contribution in [2.45, 2.75) is 105 Å². The van der Waals surface area contributed by atoms with E-state index >= 15 is 0 Å². The van der Waals surface area contributed by atoms with Crippen LogP contribution in [-0.2, 0) is 19.2 Å². The molecule has 1 aromatic rings. The van der Waals surface area contributed by atoms with Crippen molar-refractivity contribution in [3.05, 3.63) is 29.8 Å². The van der Waals surface area contributed by atoms with Gasteiger partial charge in [-0.1, -0.05) is 61.3 Å². The van der Waals surface area contributed by atoms with E-state index in [4.69, 9.17) is 10.5 Å². The smallest absolute Gasteiger partial charge is 0.316 e. The number of Topliss-reactive ketones (excluding diaryl/α,β-unsaturated/α-hetero) is 2. The van der Waals surface area contributed by atoms with Crippen molar-refractivity contribution in [1.82, 2.24) is 20.9 Å². The number of benzene rings is 1. The van der Waals surface area contributed by atoms with E-state index in [0.29, 0.717) is 30.6 Å². The molecule has 12 nitrogen and oxygen atoms in total. The van der Waals surface area contributed by atoms with E-state index in [1.165, 1.54) is 12.0 Å². The summed E-state index contributed by atoms with van der Waals surface area (Å²) in [6, 6.07) is 2.06. The molecule has 2 fully saturated rings. The van der Waals surface area contributed by atoms with Gasteiger partial charge in [-0.3, -0.25) is 24.0 Å². The number of ketones is 2. The topological polar surface area (TPSA) is 177 Å². The SMILES string of the molecule is COc1ccc(C(=O)[C@@H](NC(=O)N[C@H](C(=O)N2CC[C@H](CC(C)C)[C@H]2C(=O)NC(CC2CC2)C(=O)C(N)=O)C(C)(C)C)C(C)C)cc1. The Morgan fingerprint density at radius 2 is 1.53 bits per heavy atom. The second kappa shape index (κ2) is 15.8. The van der Waals surface area contributed by atoms with Gasteiger partial charge in [0.2, 0.25) is 17.6 Å². The van der Waals surface area contributed by atoms with Gasteiger partial charge in [0.05, 0.1) is 19.2 Å². The third kappa shape index (κ3) is 10.0. The molecular weight excluding hydrogens is 602 g/mol. The summed E-state index contributed by atoms with van der Waals surface area (Å²) in [6.45, 7) is 13.4. The fraction of sp³-hybridized carbons (Fsp3) is 0.657. The second-order valence-electron chi connectivity index (χ2n) is 14.9. The first-order valence-electron chi connectivity index (χ1n) is 16.6. The van der Waals surface area contributed by atoms with Gasteiger partial charge in [0.15, 0.2) is 5.78 Å². The number of carbonyl (C=O) groups excluding carboxylic acids is 6. The molecule has 5 atom stereocenters. The van der Waals surface area contributed by atoms with E-state index in [0.717, 1.165) is 12.8 Å². The zero-order valence-electron chi connectivity index (χ0n) is 29.1. The highest BCUT2D eigenvalue weighted by Gasteiger charge is 2.47. The van der Waals surface area contributed by atoms with Crippen molar-refractivity contribution in [2.24, 2.45) is 34.8 Å². The molecule has 0 aromatic heterocycles. The van der Waals surface area contributed by atoms with Gasteiger partial charge >= 0.3 is 6.03 Å². The monoisotopic (exact) mass is 655 g/mol. The van der Waals surface area contributed by atoms with Crippen LogP contribution in [0.15, 0.2) is 24.3 Å². The predicted molar refractivity (Wildman–Crippen MR) is 177 cm³/mol. The second-order valence-corrected chi connectivity index (χ2v) is 14.9. The molecule has 1 saturated heterocycles. The van der Waals surface area contributed by atoms with Crippen LogP contribution < -0.4 is 26.4 Å². The highest BCUT2D eigenvalue weighted by molar-refractivity contribution is 6.37. The molecule has 1 aliphatic carbocycles. The Bertz CT molecular complexity index is 1320. The van der Waals surface area contributed by atoms with Crippen LogP contribution in [0.5, 0.6) is 5.75 Å². The van der Waals surface area contributed by atoms with Crippen molar-refractivity contribution >= 4 is 35.3 Å². The van der Waals surface area contributed by atoms with Crippen molar-refractivity contribution in [1.29, 1.82) is 0 Å². The van der Waals surface area contributed by atoms with Crippen LogP contribution in [-0.4, -0.2) is 78.0 Å². The summed E-state index contributed by atoms with van der Waals surface area (Å²) in [7, 11) is 1.53. The van der Waals surface area contributed by atoms with Crippen molar-refractivity contribution < 1.29 is 33.5 Å². The third-order valence-electron chi connectivity index (χ3n) is 8.99. The Morgan fingerprint density at radius 3 is 2.02 bits per heavy atom. The first-order chi connectivity index (χ1) is 21.9. The maximum atomic E-state index is 14.3. The third-order valence-corrected chi connectivity index (χ3v) is 8.99. The lowest BCUT2D eigenvalue weighted by atomic mass is 9.85. The van der Waals surface area contributed by atoms with Crippen LogP contribution in [0.1, 0.15) is 90.9 Å². The largest absolute Gasteiger partial charge is 0.497 e.